The normalized spacial score (nSPS) is 28.1. The van der Waals surface area contributed by atoms with Gasteiger partial charge in [-0.25, -0.2) is 15.0 Å². The Bertz CT molecular complexity index is 1030. The van der Waals surface area contributed by atoms with Crippen molar-refractivity contribution >= 4 is 22.7 Å². The highest BCUT2D eigenvalue weighted by Gasteiger charge is 2.54. The first-order valence-electron chi connectivity index (χ1n) is 10.0. The molecule has 4 heterocycles. The zero-order valence-corrected chi connectivity index (χ0v) is 16.7. The van der Waals surface area contributed by atoms with E-state index >= 15 is 0 Å². The molecule has 8 heteroatoms. The number of aromatic nitrogens is 4. The minimum absolute atomic E-state index is 0.0219. The first-order chi connectivity index (χ1) is 13.9. The lowest BCUT2D eigenvalue weighted by Gasteiger charge is -2.24. The topological polar surface area (TPSA) is 114 Å². The number of nitrogens with zero attached hydrogens (tertiary/aromatic N) is 4. The smallest absolute Gasteiger partial charge is 0.163 e. The Morgan fingerprint density at radius 3 is 2.72 bits per heavy atom. The van der Waals surface area contributed by atoms with E-state index in [4.69, 9.17) is 20.9 Å². The molecule has 1 saturated heterocycles. The van der Waals surface area contributed by atoms with Crippen molar-refractivity contribution in [3.63, 3.8) is 0 Å². The second kappa shape index (κ2) is 6.67. The van der Waals surface area contributed by atoms with Crippen molar-refractivity contribution in [1.82, 2.24) is 19.5 Å². The molecule has 0 aromatic carbocycles. The Morgan fingerprint density at radius 1 is 1.10 bits per heavy atom. The Kier molecular flexibility index (Phi) is 4.22. The van der Waals surface area contributed by atoms with Crippen molar-refractivity contribution < 1.29 is 9.47 Å². The molecule has 8 nitrogen and oxygen atoms in total. The summed E-state index contributed by atoms with van der Waals surface area (Å²) in [7, 11) is 0. The fourth-order valence-electron chi connectivity index (χ4n) is 4.81. The van der Waals surface area contributed by atoms with Gasteiger partial charge in [0, 0.05) is 12.4 Å². The van der Waals surface area contributed by atoms with Gasteiger partial charge in [-0.2, -0.15) is 0 Å². The molecule has 3 aromatic heterocycles. The van der Waals surface area contributed by atoms with Gasteiger partial charge < -0.3 is 25.5 Å². The minimum atomic E-state index is -0.591. The molecule has 0 amide bonds. The molecule has 0 radical (unpaired) electrons. The number of nitrogens with two attached hydrogens (primary N) is 2. The largest absolute Gasteiger partial charge is 0.384 e. The Hall–Kier alpha value is -2.71. The molecule has 1 aliphatic carbocycles. The van der Waals surface area contributed by atoms with Gasteiger partial charge in [-0.1, -0.05) is 6.07 Å². The SMILES string of the molecule is CC1(C)O[C@@H]2[C@@H](CCc3ccc(N)nc3)C[C@@H](n3ccc4c(N)ncnc43)[C@@H]2O1. The summed E-state index contributed by atoms with van der Waals surface area (Å²) in [5, 5.41) is 0.874. The summed E-state index contributed by atoms with van der Waals surface area (Å²) >= 11 is 0. The summed E-state index contributed by atoms with van der Waals surface area (Å²) in [5.74, 6) is 0.830. The number of fused-ring (bicyclic) bond motifs is 2. The number of pyridine rings is 1. The van der Waals surface area contributed by atoms with Crippen LogP contribution < -0.4 is 11.5 Å². The summed E-state index contributed by atoms with van der Waals surface area (Å²) in [4.78, 5) is 12.8. The van der Waals surface area contributed by atoms with Crippen LogP contribution in [0.25, 0.3) is 11.0 Å². The van der Waals surface area contributed by atoms with Crippen molar-refractivity contribution in [1.29, 1.82) is 0 Å². The molecule has 5 rings (SSSR count). The van der Waals surface area contributed by atoms with Gasteiger partial charge in [0.15, 0.2) is 5.79 Å². The molecule has 1 aliphatic heterocycles. The van der Waals surface area contributed by atoms with Gasteiger partial charge >= 0.3 is 0 Å². The highest BCUT2D eigenvalue weighted by atomic mass is 16.8. The predicted octanol–water partition coefficient (Wildman–Crippen LogP) is 2.70. The van der Waals surface area contributed by atoms with Crippen molar-refractivity contribution in [2.45, 2.75) is 57.1 Å². The molecule has 2 aliphatic rings. The third-order valence-electron chi connectivity index (χ3n) is 6.10. The molecule has 0 unspecified atom stereocenters. The lowest BCUT2D eigenvalue weighted by Crippen LogP contribution is -2.27. The van der Waals surface area contributed by atoms with Crippen LogP contribution in [0, 0.1) is 5.92 Å². The lowest BCUT2D eigenvalue weighted by molar-refractivity contribution is -0.160. The molecular formula is C21H26N6O2. The Balaban J connectivity index is 1.42. The Labute approximate surface area is 169 Å². The van der Waals surface area contributed by atoms with Crippen LogP contribution in [0.2, 0.25) is 0 Å². The van der Waals surface area contributed by atoms with Crippen LogP contribution in [0.15, 0.2) is 36.9 Å². The maximum Gasteiger partial charge on any atom is 0.163 e. The van der Waals surface area contributed by atoms with Crippen LogP contribution in [0.1, 0.15) is 38.3 Å². The average Bonchev–Trinajstić information content (AvgIpc) is 3.33. The Morgan fingerprint density at radius 2 is 1.93 bits per heavy atom. The maximum absolute atomic E-state index is 6.34. The van der Waals surface area contributed by atoms with Crippen LogP contribution in [0.4, 0.5) is 11.6 Å². The van der Waals surface area contributed by atoms with Crippen LogP contribution in [-0.4, -0.2) is 37.5 Å². The van der Waals surface area contributed by atoms with E-state index in [1.165, 1.54) is 11.9 Å². The maximum atomic E-state index is 6.34. The van der Waals surface area contributed by atoms with Crippen LogP contribution in [-0.2, 0) is 15.9 Å². The van der Waals surface area contributed by atoms with Gasteiger partial charge in [0.2, 0.25) is 0 Å². The molecule has 1 saturated carbocycles. The van der Waals surface area contributed by atoms with Gasteiger partial charge in [0.05, 0.1) is 17.5 Å². The van der Waals surface area contributed by atoms with E-state index < -0.39 is 5.79 Å². The monoisotopic (exact) mass is 394 g/mol. The number of hydrogen-bond donors (Lipinski definition) is 2. The van der Waals surface area contributed by atoms with E-state index in [1.54, 1.807) is 0 Å². The van der Waals surface area contributed by atoms with Gasteiger partial charge in [0.1, 0.15) is 29.7 Å². The van der Waals surface area contributed by atoms with E-state index in [2.05, 4.69) is 19.5 Å². The zero-order valence-electron chi connectivity index (χ0n) is 16.7. The van der Waals surface area contributed by atoms with Gasteiger partial charge in [-0.05, 0) is 56.7 Å². The number of hydrogen-bond acceptors (Lipinski definition) is 7. The molecule has 4 atom stereocenters. The molecular weight excluding hydrogens is 368 g/mol. The van der Waals surface area contributed by atoms with Gasteiger partial charge in [-0.3, -0.25) is 0 Å². The number of anilines is 2. The molecule has 3 aromatic rings. The van der Waals surface area contributed by atoms with Crippen molar-refractivity contribution in [2.24, 2.45) is 5.92 Å². The standard InChI is InChI=1S/C21H26N6O2/c1-21(2)28-17-13(5-3-12-4-6-16(22)24-10-12)9-15(18(17)29-21)27-8-7-14-19(23)25-11-26-20(14)27/h4,6-8,10-11,13,15,17-18H,3,5,9H2,1-2H3,(H2,22,24)(H2,23,25,26)/t13-,15+,17+,18-/m0/s1. The number of rotatable bonds is 4. The van der Waals surface area contributed by atoms with E-state index in [0.29, 0.717) is 17.6 Å². The van der Waals surface area contributed by atoms with E-state index in [1.807, 2.05) is 44.4 Å². The summed E-state index contributed by atoms with van der Waals surface area (Å²) in [5.41, 5.74) is 13.8. The summed E-state index contributed by atoms with van der Waals surface area (Å²) < 4.78 is 14.8. The molecule has 0 spiro atoms. The van der Waals surface area contributed by atoms with Gasteiger partial charge in [0.25, 0.3) is 0 Å². The highest BCUT2D eigenvalue weighted by molar-refractivity contribution is 5.86. The molecule has 29 heavy (non-hydrogen) atoms. The van der Waals surface area contributed by atoms with Crippen molar-refractivity contribution in [2.75, 3.05) is 11.5 Å². The van der Waals surface area contributed by atoms with Crippen LogP contribution in [0.3, 0.4) is 0 Å². The van der Waals surface area contributed by atoms with Crippen LogP contribution in [0.5, 0.6) is 0 Å². The fourth-order valence-corrected chi connectivity index (χ4v) is 4.81. The number of nitrogen functional groups attached to an aromatic ring is 2. The molecule has 2 fully saturated rings. The molecule has 152 valence electrons. The van der Waals surface area contributed by atoms with Crippen molar-refractivity contribution in [3.05, 3.63) is 42.5 Å². The third kappa shape index (κ3) is 3.22. The second-order valence-corrected chi connectivity index (χ2v) is 8.48. The predicted molar refractivity (Wildman–Crippen MR) is 110 cm³/mol. The van der Waals surface area contributed by atoms with E-state index in [9.17, 15) is 0 Å². The molecule has 0 bridgehead atoms. The van der Waals surface area contributed by atoms with E-state index in [0.717, 1.165) is 30.3 Å². The quantitative estimate of drug-likeness (QED) is 0.699. The minimum Gasteiger partial charge on any atom is -0.384 e. The first-order valence-corrected chi connectivity index (χ1v) is 10.0. The fraction of sp³-hybridized carbons (Fsp3) is 0.476. The zero-order chi connectivity index (χ0) is 20.2. The average molecular weight is 394 g/mol. The third-order valence-corrected chi connectivity index (χ3v) is 6.10. The van der Waals surface area contributed by atoms with Crippen LogP contribution >= 0.6 is 0 Å². The van der Waals surface area contributed by atoms with E-state index in [-0.39, 0.29) is 18.2 Å². The number of ether oxygens (including phenoxy) is 2. The first kappa shape index (κ1) is 18.3. The number of aryl methyl sites for hydroxylation is 1. The second-order valence-electron chi connectivity index (χ2n) is 8.48. The molecule has 4 N–H and O–H groups in total. The lowest BCUT2D eigenvalue weighted by atomic mass is 9.96. The summed E-state index contributed by atoms with van der Waals surface area (Å²) in [6, 6.07) is 6.02. The summed E-state index contributed by atoms with van der Waals surface area (Å²) in [6.07, 6.45) is 8.33. The summed E-state index contributed by atoms with van der Waals surface area (Å²) in [6.45, 7) is 3.97. The van der Waals surface area contributed by atoms with Crippen molar-refractivity contribution in [3.8, 4) is 0 Å². The van der Waals surface area contributed by atoms with Gasteiger partial charge in [-0.15, -0.1) is 0 Å². The highest BCUT2D eigenvalue weighted by Crippen LogP contribution is 2.49.